The summed E-state index contributed by atoms with van der Waals surface area (Å²) in [6, 6.07) is 5.00. The van der Waals surface area contributed by atoms with Gasteiger partial charge in [0.25, 0.3) is 0 Å². The molecule has 76 valence electrons. The van der Waals surface area contributed by atoms with Crippen LogP contribution in [0.15, 0.2) is 18.2 Å². The lowest BCUT2D eigenvalue weighted by atomic mass is 10.2. The van der Waals surface area contributed by atoms with Gasteiger partial charge in [0.1, 0.15) is 0 Å². The lowest BCUT2D eigenvalue weighted by molar-refractivity contribution is 0.288. The van der Waals surface area contributed by atoms with Crippen molar-refractivity contribution in [2.45, 2.75) is 18.9 Å². The number of nitrogens with zero attached hydrogens (tertiary/aromatic N) is 1. The van der Waals surface area contributed by atoms with Crippen LogP contribution in [0.25, 0.3) is 0 Å². The summed E-state index contributed by atoms with van der Waals surface area (Å²) in [4.78, 5) is 1.86. The van der Waals surface area contributed by atoms with Gasteiger partial charge in [-0.3, -0.25) is 0 Å². The van der Waals surface area contributed by atoms with Gasteiger partial charge in [0, 0.05) is 14.1 Å². The molecule has 1 aromatic rings. The third-order valence-corrected chi connectivity index (χ3v) is 2.24. The van der Waals surface area contributed by atoms with Crippen LogP contribution in [0.4, 0.5) is 10.1 Å². The minimum Gasteiger partial charge on any atom is -0.485 e. The maximum absolute atomic E-state index is 13.4. The molecule has 0 aliphatic heterocycles. The van der Waals surface area contributed by atoms with Gasteiger partial charge in [-0.05, 0) is 25.0 Å². The Morgan fingerprint density at radius 2 is 2.07 bits per heavy atom. The van der Waals surface area contributed by atoms with Gasteiger partial charge in [-0.25, -0.2) is 4.39 Å². The van der Waals surface area contributed by atoms with E-state index in [0.717, 1.165) is 18.5 Å². The van der Waals surface area contributed by atoms with E-state index in [0.29, 0.717) is 5.75 Å². The van der Waals surface area contributed by atoms with Crippen LogP contribution in [0, 0.1) is 5.82 Å². The van der Waals surface area contributed by atoms with Crippen LogP contribution in [-0.2, 0) is 0 Å². The number of hydrogen-bond acceptors (Lipinski definition) is 2. The standard InChI is InChI=1S/C11H14FNO/c1-13(2)10-5-3-4-9(12)11(10)14-8-6-7-8/h3-5,8H,6-7H2,1-2H3. The van der Waals surface area contributed by atoms with Gasteiger partial charge in [0.2, 0.25) is 0 Å². The van der Waals surface area contributed by atoms with Crippen molar-refractivity contribution in [3.63, 3.8) is 0 Å². The minimum absolute atomic E-state index is 0.227. The molecular weight excluding hydrogens is 181 g/mol. The van der Waals surface area contributed by atoms with Gasteiger partial charge in [0.05, 0.1) is 11.8 Å². The molecule has 0 radical (unpaired) electrons. The van der Waals surface area contributed by atoms with E-state index < -0.39 is 0 Å². The molecule has 2 nitrogen and oxygen atoms in total. The molecule has 0 spiro atoms. The average Bonchev–Trinajstić information content (AvgIpc) is 2.91. The second-order valence-corrected chi connectivity index (χ2v) is 3.80. The Balaban J connectivity index is 2.31. The van der Waals surface area contributed by atoms with E-state index in [1.807, 2.05) is 25.1 Å². The molecule has 1 aliphatic carbocycles. The van der Waals surface area contributed by atoms with Crippen molar-refractivity contribution >= 4 is 5.69 Å². The van der Waals surface area contributed by atoms with Crippen LogP contribution >= 0.6 is 0 Å². The summed E-state index contributed by atoms with van der Waals surface area (Å²) in [6.07, 6.45) is 2.31. The van der Waals surface area contributed by atoms with E-state index in [-0.39, 0.29) is 11.9 Å². The molecule has 0 bridgehead atoms. The number of para-hydroxylation sites is 1. The quantitative estimate of drug-likeness (QED) is 0.734. The molecule has 1 fully saturated rings. The maximum atomic E-state index is 13.4. The highest BCUT2D eigenvalue weighted by molar-refractivity contribution is 5.58. The number of rotatable bonds is 3. The van der Waals surface area contributed by atoms with Crippen molar-refractivity contribution in [1.82, 2.24) is 0 Å². The first kappa shape index (κ1) is 9.31. The van der Waals surface area contributed by atoms with Crippen LogP contribution in [0.3, 0.4) is 0 Å². The summed E-state index contributed by atoms with van der Waals surface area (Å²) < 4.78 is 19.0. The second kappa shape index (κ2) is 3.48. The molecule has 2 rings (SSSR count). The third kappa shape index (κ3) is 1.81. The molecule has 1 aliphatic rings. The van der Waals surface area contributed by atoms with E-state index in [4.69, 9.17) is 4.74 Å². The van der Waals surface area contributed by atoms with Crippen LogP contribution in [0.2, 0.25) is 0 Å². The molecule has 0 amide bonds. The predicted octanol–water partition coefficient (Wildman–Crippen LogP) is 2.43. The SMILES string of the molecule is CN(C)c1cccc(F)c1OC1CC1. The minimum atomic E-state index is -0.275. The first-order chi connectivity index (χ1) is 6.68. The first-order valence-corrected chi connectivity index (χ1v) is 4.81. The molecule has 0 unspecified atom stereocenters. The van der Waals surface area contributed by atoms with Crippen molar-refractivity contribution in [2.24, 2.45) is 0 Å². The maximum Gasteiger partial charge on any atom is 0.178 e. The van der Waals surface area contributed by atoms with Crippen LogP contribution in [0.5, 0.6) is 5.75 Å². The summed E-state index contributed by atoms with van der Waals surface area (Å²) in [5.74, 6) is 0.114. The Hall–Kier alpha value is -1.25. The number of benzene rings is 1. The van der Waals surface area contributed by atoms with Crippen molar-refractivity contribution < 1.29 is 9.13 Å². The number of ether oxygens (including phenoxy) is 1. The summed E-state index contributed by atoms with van der Waals surface area (Å²) in [7, 11) is 3.77. The molecule has 14 heavy (non-hydrogen) atoms. The lowest BCUT2D eigenvalue weighted by Crippen LogP contribution is -2.12. The molecule has 3 heteroatoms. The highest BCUT2D eigenvalue weighted by Gasteiger charge is 2.26. The molecular formula is C11H14FNO. The number of anilines is 1. The van der Waals surface area contributed by atoms with E-state index in [1.165, 1.54) is 6.07 Å². The van der Waals surface area contributed by atoms with E-state index in [1.54, 1.807) is 6.07 Å². The van der Waals surface area contributed by atoms with Gasteiger partial charge in [-0.1, -0.05) is 6.07 Å². The smallest absolute Gasteiger partial charge is 0.178 e. The molecule has 0 heterocycles. The Morgan fingerprint density at radius 3 is 2.64 bits per heavy atom. The zero-order valence-electron chi connectivity index (χ0n) is 8.46. The van der Waals surface area contributed by atoms with Crippen LogP contribution in [-0.4, -0.2) is 20.2 Å². The highest BCUT2D eigenvalue weighted by Crippen LogP contribution is 2.35. The van der Waals surface area contributed by atoms with Crippen molar-refractivity contribution in [2.75, 3.05) is 19.0 Å². The second-order valence-electron chi connectivity index (χ2n) is 3.80. The van der Waals surface area contributed by atoms with Crippen LogP contribution in [0.1, 0.15) is 12.8 Å². The monoisotopic (exact) mass is 195 g/mol. The predicted molar refractivity (Wildman–Crippen MR) is 54.4 cm³/mol. The van der Waals surface area contributed by atoms with Gasteiger partial charge in [0.15, 0.2) is 11.6 Å². The van der Waals surface area contributed by atoms with E-state index in [9.17, 15) is 4.39 Å². The zero-order valence-corrected chi connectivity index (χ0v) is 8.46. The summed E-state index contributed by atoms with van der Waals surface area (Å²) in [6.45, 7) is 0. The largest absolute Gasteiger partial charge is 0.485 e. The Labute approximate surface area is 83.3 Å². The van der Waals surface area contributed by atoms with E-state index in [2.05, 4.69) is 0 Å². The Bertz CT molecular complexity index is 334. The summed E-state index contributed by atoms with van der Waals surface area (Å²) >= 11 is 0. The van der Waals surface area contributed by atoms with Crippen molar-refractivity contribution in [3.8, 4) is 5.75 Å². The number of halogens is 1. The zero-order chi connectivity index (χ0) is 10.1. The van der Waals surface area contributed by atoms with E-state index >= 15 is 0 Å². The summed E-state index contributed by atoms with van der Waals surface area (Å²) in [5.41, 5.74) is 0.803. The third-order valence-electron chi connectivity index (χ3n) is 2.24. The molecule has 1 saturated carbocycles. The lowest BCUT2D eigenvalue weighted by Gasteiger charge is -2.17. The molecule has 1 aromatic carbocycles. The van der Waals surface area contributed by atoms with Crippen molar-refractivity contribution in [3.05, 3.63) is 24.0 Å². The fraction of sp³-hybridized carbons (Fsp3) is 0.455. The highest BCUT2D eigenvalue weighted by atomic mass is 19.1. The molecule has 0 N–H and O–H groups in total. The number of hydrogen-bond donors (Lipinski definition) is 0. The molecule has 0 atom stereocenters. The fourth-order valence-electron chi connectivity index (χ4n) is 1.32. The normalized spacial score (nSPS) is 15.4. The van der Waals surface area contributed by atoms with Gasteiger partial charge in [-0.15, -0.1) is 0 Å². The van der Waals surface area contributed by atoms with Gasteiger partial charge < -0.3 is 9.64 Å². The topological polar surface area (TPSA) is 12.5 Å². The molecule has 0 saturated heterocycles. The fourth-order valence-corrected chi connectivity index (χ4v) is 1.32. The van der Waals surface area contributed by atoms with Crippen LogP contribution < -0.4 is 9.64 Å². The Morgan fingerprint density at radius 1 is 1.36 bits per heavy atom. The first-order valence-electron chi connectivity index (χ1n) is 4.81. The van der Waals surface area contributed by atoms with Gasteiger partial charge in [-0.2, -0.15) is 0 Å². The summed E-state index contributed by atoms with van der Waals surface area (Å²) in [5, 5.41) is 0. The molecule has 0 aromatic heterocycles. The Kier molecular flexibility index (Phi) is 2.32. The van der Waals surface area contributed by atoms with Crippen molar-refractivity contribution in [1.29, 1.82) is 0 Å². The average molecular weight is 195 g/mol. The van der Waals surface area contributed by atoms with Gasteiger partial charge >= 0.3 is 0 Å².